The molecule has 2 aromatic rings. The summed E-state index contributed by atoms with van der Waals surface area (Å²) in [5, 5.41) is 12.4. The van der Waals surface area contributed by atoms with Crippen LogP contribution < -0.4 is 19.5 Å². The summed E-state index contributed by atoms with van der Waals surface area (Å²) in [6.45, 7) is 0.752. The smallest absolute Gasteiger partial charge is 0.262 e. The molecule has 0 bridgehead atoms. The first-order valence-corrected chi connectivity index (χ1v) is 10.6. The van der Waals surface area contributed by atoms with Crippen LogP contribution in [0.1, 0.15) is 37.7 Å². The van der Waals surface area contributed by atoms with Gasteiger partial charge in [0.15, 0.2) is 11.5 Å². The van der Waals surface area contributed by atoms with Crippen LogP contribution in [-0.2, 0) is 4.79 Å². The third-order valence-corrected chi connectivity index (χ3v) is 5.16. The summed E-state index contributed by atoms with van der Waals surface area (Å²) in [5.74, 6) is 1.56. The first kappa shape index (κ1) is 22.2. The van der Waals surface area contributed by atoms with Crippen molar-refractivity contribution in [2.75, 3.05) is 20.3 Å². The fourth-order valence-corrected chi connectivity index (χ4v) is 3.55. The molecule has 1 aliphatic rings. The number of hydrogen-bond donors (Lipinski definition) is 1. The molecule has 1 N–H and O–H groups in total. The normalized spacial score (nSPS) is 14.4. The molecule has 2 aromatic carbocycles. The minimum Gasteiger partial charge on any atom is -0.493 e. The summed E-state index contributed by atoms with van der Waals surface area (Å²) in [6, 6.07) is 17.0. The van der Waals surface area contributed by atoms with E-state index >= 15 is 0 Å². The van der Waals surface area contributed by atoms with Gasteiger partial charge in [-0.3, -0.25) is 4.79 Å². The molecule has 0 atom stereocenters. The van der Waals surface area contributed by atoms with Crippen molar-refractivity contribution in [1.82, 2.24) is 5.32 Å². The summed E-state index contributed by atoms with van der Waals surface area (Å²) < 4.78 is 16.8. The van der Waals surface area contributed by atoms with Crippen molar-refractivity contribution in [3.05, 3.63) is 59.7 Å². The molecule has 162 valence electrons. The second kappa shape index (κ2) is 11.7. The fraction of sp³-hybridized carbons (Fsp3) is 0.360. The fourth-order valence-electron chi connectivity index (χ4n) is 3.55. The van der Waals surface area contributed by atoms with Crippen molar-refractivity contribution in [1.29, 1.82) is 5.26 Å². The molecule has 31 heavy (non-hydrogen) atoms. The Morgan fingerprint density at radius 2 is 1.81 bits per heavy atom. The topological polar surface area (TPSA) is 80.6 Å². The zero-order chi connectivity index (χ0) is 21.9. The molecule has 0 radical (unpaired) electrons. The van der Waals surface area contributed by atoms with E-state index in [4.69, 9.17) is 14.2 Å². The van der Waals surface area contributed by atoms with Gasteiger partial charge in [-0.2, -0.15) is 5.26 Å². The van der Waals surface area contributed by atoms with Crippen LogP contribution in [0, 0.1) is 11.3 Å². The van der Waals surface area contributed by atoms with Crippen molar-refractivity contribution in [2.45, 2.75) is 38.1 Å². The van der Waals surface area contributed by atoms with Crippen LogP contribution in [0.4, 0.5) is 0 Å². The second-order valence-electron chi connectivity index (χ2n) is 7.40. The Morgan fingerprint density at radius 3 is 2.52 bits per heavy atom. The largest absolute Gasteiger partial charge is 0.493 e. The summed E-state index contributed by atoms with van der Waals surface area (Å²) in [5.41, 5.74) is 0.776. The SMILES string of the molecule is COc1cc(C=C(C#N)C(=O)NC2CCCCC2)ccc1OCCOc1ccccc1. The van der Waals surface area contributed by atoms with Crippen molar-refractivity contribution in [3.63, 3.8) is 0 Å². The number of benzene rings is 2. The number of nitriles is 1. The molecule has 1 amide bonds. The second-order valence-corrected chi connectivity index (χ2v) is 7.40. The van der Waals surface area contributed by atoms with Crippen LogP contribution in [0.2, 0.25) is 0 Å². The van der Waals surface area contributed by atoms with E-state index in [1.54, 1.807) is 31.4 Å². The van der Waals surface area contributed by atoms with E-state index in [0.717, 1.165) is 31.4 Å². The van der Waals surface area contributed by atoms with Gasteiger partial charge in [-0.15, -0.1) is 0 Å². The summed E-state index contributed by atoms with van der Waals surface area (Å²) in [6.07, 6.45) is 6.96. The molecule has 3 rings (SSSR count). The number of nitrogens with one attached hydrogen (secondary N) is 1. The zero-order valence-corrected chi connectivity index (χ0v) is 17.8. The van der Waals surface area contributed by atoms with E-state index in [1.807, 2.05) is 36.4 Å². The number of methoxy groups -OCH3 is 1. The summed E-state index contributed by atoms with van der Waals surface area (Å²) in [4.78, 5) is 12.5. The van der Waals surface area contributed by atoms with Gasteiger partial charge in [0, 0.05) is 6.04 Å². The van der Waals surface area contributed by atoms with Crippen molar-refractivity contribution in [2.24, 2.45) is 0 Å². The Bertz CT molecular complexity index is 928. The van der Waals surface area contributed by atoms with Crippen LogP contribution in [0.25, 0.3) is 6.08 Å². The highest BCUT2D eigenvalue weighted by Gasteiger charge is 2.18. The Hall–Kier alpha value is -3.46. The van der Waals surface area contributed by atoms with E-state index in [1.165, 1.54) is 6.42 Å². The molecule has 0 heterocycles. The standard InChI is InChI=1S/C25H28N2O4/c1-29-24-17-19(16-20(18-26)25(28)27-21-8-4-2-5-9-21)12-13-23(24)31-15-14-30-22-10-6-3-7-11-22/h3,6-7,10-13,16-17,21H,2,4-5,8-9,14-15H2,1H3,(H,27,28). The van der Waals surface area contributed by atoms with E-state index in [-0.39, 0.29) is 17.5 Å². The maximum Gasteiger partial charge on any atom is 0.262 e. The predicted octanol–water partition coefficient (Wildman–Crippen LogP) is 4.51. The van der Waals surface area contributed by atoms with Crippen molar-refractivity contribution >= 4 is 12.0 Å². The van der Waals surface area contributed by atoms with E-state index in [2.05, 4.69) is 5.32 Å². The Morgan fingerprint density at radius 1 is 1.06 bits per heavy atom. The van der Waals surface area contributed by atoms with Crippen molar-refractivity contribution in [3.8, 4) is 23.3 Å². The molecular weight excluding hydrogens is 392 g/mol. The third-order valence-electron chi connectivity index (χ3n) is 5.16. The molecule has 6 heteroatoms. The molecule has 1 fully saturated rings. The predicted molar refractivity (Wildman–Crippen MR) is 119 cm³/mol. The molecule has 1 saturated carbocycles. The molecule has 0 unspecified atom stereocenters. The van der Waals surface area contributed by atoms with Gasteiger partial charge < -0.3 is 19.5 Å². The summed E-state index contributed by atoms with van der Waals surface area (Å²) in [7, 11) is 1.55. The first-order valence-electron chi connectivity index (χ1n) is 10.6. The van der Waals surface area contributed by atoms with Gasteiger partial charge in [0.25, 0.3) is 5.91 Å². The maximum atomic E-state index is 12.5. The summed E-state index contributed by atoms with van der Waals surface area (Å²) >= 11 is 0. The van der Waals surface area contributed by atoms with Crippen molar-refractivity contribution < 1.29 is 19.0 Å². The first-order chi connectivity index (χ1) is 15.2. The highest BCUT2D eigenvalue weighted by molar-refractivity contribution is 6.01. The van der Waals surface area contributed by atoms with Crippen LogP contribution in [0.15, 0.2) is 54.1 Å². The number of carbonyl (C=O) groups is 1. The number of carbonyl (C=O) groups excluding carboxylic acids is 1. The van der Waals surface area contributed by atoms with Gasteiger partial charge in [0.2, 0.25) is 0 Å². The third kappa shape index (κ3) is 6.78. The number of nitrogens with zero attached hydrogens (tertiary/aromatic N) is 1. The number of para-hydroxylation sites is 1. The van der Waals surface area contributed by atoms with Gasteiger partial charge in [-0.25, -0.2) is 0 Å². The Balaban J connectivity index is 1.59. The van der Waals surface area contributed by atoms with E-state index in [9.17, 15) is 10.1 Å². The van der Waals surface area contributed by atoms with Crippen LogP contribution in [-0.4, -0.2) is 32.3 Å². The zero-order valence-electron chi connectivity index (χ0n) is 17.8. The van der Waals surface area contributed by atoms with E-state index < -0.39 is 0 Å². The average Bonchev–Trinajstić information content (AvgIpc) is 2.82. The molecule has 1 aliphatic carbocycles. The Kier molecular flexibility index (Phi) is 8.36. The highest BCUT2D eigenvalue weighted by atomic mass is 16.5. The minimum atomic E-state index is -0.327. The average molecular weight is 421 g/mol. The number of rotatable bonds is 9. The molecule has 6 nitrogen and oxygen atoms in total. The lowest BCUT2D eigenvalue weighted by Crippen LogP contribution is -2.36. The minimum absolute atomic E-state index is 0.0811. The van der Waals surface area contributed by atoms with Gasteiger partial charge in [-0.1, -0.05) is 43.5 Å². The Labute approximate surface area is 183 Å². The number of amides is 1. The maximum absolute atomic E-state index is 12.5. The molecule has 0 spiro atoms. The van der Waals surface area contributed by atoms with Crippen LogP contribution in [0.5, 0.6) is 17.2 Å². The molecule has 0 saturated heterocycles. The van der Waals surface area contributed by atoms with Gasteiger partial charge in [-0.05, 0) is 48.7 Å². The van der Waals surface area contributed by atoms with Gasteiger partial charge in [0.1, 0.15) is 30.6 Å². The number of hydrogen-bond acceptors (Lipinski definition) is 5. The lowest BCUT2D eigenvalue weighted by atomic mass is 9.95. The monoisotopic (exact) mass is 420 g/mol. The quantitative estimate of drug-likeness (QED) is 0.367. The molecule has 0 aromatic heterocycles. The van der Waals surface area contributed by atoms with Crippen LogP contribution >= 0.6 is 0 Å². The highest BCUT2D eigenvalue weighted by Crippen LogP contribution is 2.29. The van der Waals surface area contributed by atoms with E-state index in [0.29, 0.717) is 30.3 Å². The molecular formula is C25H28N2O4. The van der Waals surface area contributed by atoms with Gasteiger partial charge >= 0.3 is 0 Å². The lowest BCUT2D eigenvalue weighted by molar-refractivity contribution is -0.117. The molecule has 0 aliphatic heterocycles. The van der Waals surface area contributed by atoms with Crippen LogP contribution in [0.3, 0.4) is 0 Å². The van der Waals surface area contributed by atoms with Gasteiger partial charge in [0.05, 0.1) is 7.11 Å². The number of ether oxygens (including phenoxy) is 3. The lowest BCUT2D eigenvalue weighted by Gasteiger charge is -2.22.